The van der Waals surface area contributed by atoms with Gasteiger partial charge >= 0.3 is 0 Å². The largest absolute Gasteiger partial charge is 0.393 e. The van der Waals surface area contributed by atoms with E-state index < -0.39 is 0 Å². The summed E-state index contributed by atoms with van der Waals surface area (Å²) in [5.74, 6) is 1.53. The van der Waals surface area contributed by atoms with E-state index in [0.717, 1.165) is 31.7 Å². The number of aliphatic hydroxyl groups excluding tert-OH is 1. The van der Waals surface area contributed by atoms with Crippen molar-refractivity contribution in [3.8, 4) is 0 Å². The Balaban J connectivity index is 1.71. The van der Waals surface area contributed by atoms with Gasteiger partial charge in [-0.2, -0.15) is 0 Å². The van der Waals surface area contributed by atoms with Gasteiger partial charge in [0.2, 0.25) is 0 Å². The van der Waals surface area contributed by atoms with Gasteiger partial charge in [0.25, 0.3) is 0 Å². The fraction of sp³-hybridized carbons (Fsp3) is 0.538. The zero-order valence-corrected chi connectivity index (χ0v) is 10.2. The molecule has 1 aliphatic heterocycles. The van der Waals surface area contributed by atoms with Crippen LogP contribution in [-0.2, 0) is 0 Å². The standard InChI is InChI=1S/C13H19NOS/c15-13-6-8-14-10-11(13)7-9-16-12-4-2-1-3-5-12/h1-5,11,13-15H,6-10H2. The third-order valence-corrected chi connectivity index (χ3v) is 4.11. The van der Waals surface area contributed by atoms with Crippen molar-refractivity contribution in [2.24, 2.45) is 5.92 Å². The molecule has 3 heteroatoms. The van der Waals surface area contributed by atoms with E-state index >= 15 is 0 Å². The van der Waals surface area contributed by atoms with Crippen LogP contribution in [0.25, 0.3) is 0 Å². The van der Waals surface area contributed by atoms with E-state index in [1.807, 2.05) is 17.8 Å². The van der Waals surface area contributed by atoms with Crippen LogP contribution in [0.5, 0.6) is 0 Å². The zero-order valence-electron chi connectivity index (χ0n) is 9.43. The van der Waals surface area contributed by atoms with Gasteiger partial charge in [-0.05, 0) is 43.2 Å². The fourth-order valence-electron chi connectivity index (χ4n) is 2.05. The molecule has 2 rings (SSSR count). The lowest BCUT2D eigenvalue weighted by molar-refractivity contribution is 0.0777. The molecule has 2 atom stereocenters. The summed E-state index contributed by atoms with van der Waals surface area (Å²) in [6.45, 7) is 1.93. The highest BCUT2D eigenvalue weighted by Gasteiger charge is 2.21. The summed E-state index contributed by atoms with van der Waals surface area (Å²) in [5, 5.41) is 13.2. The number of rotatable bonds is 4. The highest BCUT2D eigenvalue weighted by Crippen LogP contribution is 2.22. The molecule has 0 aliphatic carbocycles. The van der Waals surface area contributed by atoms with Gasteiger partial charge in [-0.1, -0.05) is 18.2 Å². The van der Waals surface area contributed by atoms with Crippen molar-refractivity contribution in [2.45, 2.75) is 23.8 Å². The number of benzene rings is 1. The lowest BCUT2D eigenvalue weighted by Crippen LogP contribution is -2.40. The average molecular weight is 237 g/mol. The third kappa shape index (κ3) is 3.51. The topological polar surface area (TPSA) is 32.3 Å². The van der Waals surface area contributed by atoms with E-state index in [1.165, 1.54) is 4.90 Å². The van der Waals surface area contributed by atoms with Crippen molar-refractivity contribution in [1.29, 1.82) is 0 Å². The molecule has 1 aliphatic rings. The number of hydrogen-bond acceptors (Lipinski definition) is 3. The Hall–Kier alpha value is -0.510. The lowest BCUT2D eigenvalue weighted by Gasteiger charge is -2.28. The first-order valence-corrected chi connectivity index (χ1v) is 6.91. The minimum atomic E-state index is -0.0994. The second-order valence-electron chi connectivity index (χ2n) is 4.27. The van der Waals surface area contributed by atoms with Crippen LogP contribution in [0.1, 0.15) is 12.8 Å². The lowest BCUT2D eigenvalue weighted by atomic mass is 9.94. The molecule has 1 aromatic rings. The van der Waals surface area contributed by atoms with Crippen LogP contribution in [-0.4, -0.2) is 30.1 Å². The summed E-state index contributed by atoms with van der Waals surface area (Å²) in [7, 11) is 0. The van der Waals surface area contributed by atoms with Crippen LogP contribution in [0.4, 0.5) is 0 Å². The first kappa shape index (κ1) is 12.0. The molecule has 1 fully saturated rings. The van der Waals surface area contributed by atoms with Gasteiger partial charge in [-0.3, -0.25) is 0 Å². The quantitative estimate of drug-likeness (QED) is 0.787. The maximum absolute atomic E-state index is 9.82. The first-order valence-electron chi connectivity index (χ1n) is 5.93. The Morgan fingerprint density at radius 2 is 2.12 bits per heavy atom. The van der Waals surface area contributed by atoms with Crippen molar-refractivity contribution in [3.05, 3.63) is 30.3 Å². The molecule has 0 spiro atoms. The summed E-state index contributed by atoms with van der Waals surface area (Å²) in [5.41, 5.74) is 0. The molecule has 0 radical (unpaired) electrons. The van der Waals surface area contributed by atoms with Gasteiger partial charge in [0, 0.05) is 11.4 Å². The molecule has 0 amide bonds. The maximum Gasteiger partial charge on any atom is 0.0592 e. The van der Waals surface area contributed by atoms with E-state index in [-0.39, 0.29) is 6.10 Å². The molecule has 2 N–H and O–H groups in total. The van der Waals surface area contributed by atoms with Crippen LogP contribution in [0, 0.1) is 5.92 Å². The van der Waals surface area contributed by atoms with E-state index in [4.69, 9.17) is 0 Å². The Morgan fingerprint density at radius 3 is 2.88 bits per heavy atom. The molecule has 1 heterocycles. The molecule has 1 saturated heterocycles. The summed E-state index contributed by atoms with van der Waals surface area (Å²) >= 11 is 1.88. The van der Waals surface area contributed by atoms with E-state index in [0.29, 0.717) is 5.92 Å². The second-order valence-corrected chi connectivity index (χ2v) is 5.44. The monoisotopic (exact) mass is 237 g/mol. The van der Waals surface area contributed by atoms with Crippen molar-refractivity contribution in [1.82, 2.24) is 5.32 Å². The number of thioether (sulfide) groups is 1. The van der Waals surface area contributed by atoms with Crippen molar-refractivity contribution >= 4 is 11.8 Å². The molecule has 0 saturated carbocycles. The molecule has 0 aromatic heterocycles. The average Bonchev–Trinajstić information content (AvgIpc) is 2.33. The van der Waals surface area contributed by atoms with E-state index in [2.05, 4.69) is 29.6 Å². The SMILES string of the molecule is OC1CCNCC1CCSc1ccccc1. The van der Waals surface area contributed by atoms with Crippen LogP contribution >= 0.6 is 11.8 Å². The van der Waals surface area contributed by atoms with E-state index in [9.17, 15) is 5.11 Å². The Labute approximate surface area is 101 Å². The molecule has 16 heavy (non-hydrogen) atoms. The molecule has 2 unspecified atom stereocenters. The number of aliphatic hydroxyl groups is 1. The summed E-state index contributed by atoms with van der Waals surface area (Å²) < 4.78 is 0. The number of piperidine rings is 1. The smallest absolute Gasteiger partial charge is 0.0592 e. The molecule has 1 aromatic carbocycles. The summed E-state index contributed by atoms with van der Waals surface area (Å²) in [6.07, 6.45) is 1.90. The van der Waals surface area contributed by atoms with Gasteiger partial charge in [-0.15, -0.1) is 11.8 Å². The van der Waals surface area contributed by atoms with Crippen molar-refractivity contribution < 1.29 is 5.11 Å². The highest BCUT2D eigenvalue weighted by molar-refractivity contribution is 7.99. The number of hydrogen-bond donors (Lipinski definition) is 2. The molecular weight excluding hydrogens is 218 g/mol. The molecule has 2 nitrogen and oxygen atoms in total. The van der Waals surface area contributed by atoms with Gasteiger partial charge in [0.1, 0.15) is 0 Å². The number of nitrogens with one attached hydrogen (secondary N) is 1. The van der Waals surface area contributed by atoms with Crippen molar-refractivity contribution in [3.63, 3.8) is 0 Å². The van der Waals surface area contributed by atoms with Gasteiger partial charge in [0.15, 0.2) is 0 Å². The minimum Gasteiger partial charge on any atom is -0.393 e. The minimum absolute atomic E-state index is 0.0994. The fourth-order valence-corrected chi connectivity index (χ4v) is 3.05. The third-order valence-electron chi connectivity index (χ3n) is 3.07. The van der Waals surface area contributed by atoms with Gasteiger partial charge in [0.05, 0.1) is 6.10 Å². The molecule has 0 bridgehead atoms. The predicted molar refractivity (Wildman–Crippen MR) is 68.8 cm³/mol. The Morgan fingerprint density at radius 1 is 1.31 bits per heavy atom. The van der Waals surface area contributed by atoms with Crippen LogP contribution < -0.4 is 5.32 Å². The normalized spacial score (nSPS) is 25.6. The zero-order chi connectivity index (χ0) is 11.2. The maximum atomic E-state index is 9.82. The molecule has 88 valence electrons. The summed E-state index contributed by atoms with van der Waals surface area (Å²) in [4.78, 5) is 1.32. The Bertz CT molecular complexity index is 304. The van der Waals surface area contributed by atoms with Crippen LogP contribution in [0.3, 0.4) is 0 Å². The van der Waals surface area contributed by atoms with Crippen LogP contribution in [0.15, 0.2) is 35.2 Å². The first-order chi connectivity index (χ1) is 7.86. The second kappa shape index (κ2) is 6.28. The van der Waals surface area contributed by atoms with Crippen molar-refractivity contribution in [2.75, 3.05) is 18.8 Å². The van der Waals surface area contributed by atoms with Crippen LogP contribution in [0.2, 0.25) is 0 Å². The molecular formula is C13H19NOS. The summed E-state index contributed by atoms with van der Waals surface area (Å²) in [6, 6.07) is 10.5. The highest BCUT2D eigenvalue weighted by atomic mass is 32.2. The van der Waals surface area contributed by atoms with Gasteiger partial charge in [-0.25, -0.2) is 0 Å². The van der Waals surface area contributed by atoms with E-state index in [1.54, 1.807) is 0 Å². The predicted octanol–water partition coefficient (Wildman–Crippen LogP) is 2.14. The Kier molecular flexibility index (Phi) is 4.69. The van der Waals surface area contributed by atoms with Gasteiger partial charge < -0.3 is 10.4 Å².